The van der Waals surface area contributed by atoms with E-state index in [-0.39, 0.29) is 12.0 Å². The molecular formula is C17H22F2N2O3S. The van der Waals surface area contributed by atoms with Crippen LogP contribution in [-0.2, 0) is 4.74 Å². The minimum atomic E-state index is -2.48. The second-order valence-electron chi connectivity index (χ2n) is 6.66. The highest BCUT2D eigenvalue weighted by Crippen LogP contribution is 2.25. The zero-order valence-corrected chi connectivity index (χ0v) is 15.3. The third-order valence-corrected chi connectivity index (χ3v) is 4.27. The van der Waals surface area contributed by atoms with Crippen molar-refractivity contribution in [1.82, 2.24) is 9.80 Å². The molecule has 0 atom stereocenters. The quantitative estimate of drug-likeness (QED) is 0.760. The van der Waals surface area contributed by atoms with Gasteiger partial charge in [-0.1, -0.05) is 11.8 Å². The number of hydrogen-bond acceptors (Lipinski definition) is 4. The molecule has 0 bridgehead atoms. The van der Waals surface area contributed by atoms with Crippen molar-refractivity contribution in [2.45, 2.75) is 37.0 Å². The number of carbonyl (C=O) groups is 2. The van der Waals surface area contributed by atoms with Crippen LogP contribution in [0.2, 0.25) is 0 Å². The lowest BCUT2D eigenvalue weighted by molar-refractivity contribution is 0.0141. The molecule has 0 aromatic heterocycles. The fourth-order valence-corrected chi connectivity index (χ4v) is 2.88. The number of hydrogen-bond donors (Lipinski definition) is 0. The Morgan fingerprint density at radius 2 is 1.56 bits per heavy atom. The first kappa shape index (κ1) is 19.5. The van der Waals surface area contributed by atoms with Gasteiger partial charge in [0.25, 0.3) is 11.7 Å². The molecule has 0 saturated carbocycles. The highest BCUT2D eigenvalue weighted by molar-refractivity contribution is 7.99. The number of halogens is 2. The predicted octanol–water partition coefficient (Wildman–Crippen LogP) is 3.69. The molecule has 8 heteroatoms. The van der Waals surface area contributed by atoms with Gasteiger partial charge in [0.2, 0.25) is 0 Å². The molecule has 1 fully saturated rings. The maximum atomic E-state index is 12.5. The van der Waals surface area contributed by atoms with Crippen LogP contribution in [0.1, 0.15) is 31.1 Å². The van der Waals surface area contributed by atoms with Crippen molar-refractivity contribution in [3.05, 3.63) is 29.8 Å². The van der Waals surface area contributed by atoms with Gasteiger partial charge in [-0.15, -0.1) is 0 Å². The van der Waals surface area contributed by atoms with Gasteiger partial charge in [0.15, 0.2) is 0 Å². The molecule has 1 aromatic rings. The summed E-state index contributed by atoms with van der Waals surface area (Å²) in [5, 5.41) is 0. The lowest BCUT2D eigenvalue weighted by Gasteiger charge is -2.35. The highest BCUT2D eigenvalue weighted by atomic mass is 32.2. The van der Waals surface area contributed by atoms with Gasteiger partial charge in [-0.2, -0.15) is 8.78 Å². The SMILES string of the molecule is CC(C)(C)OC(=O)N1CCN(C(=O)c2ccc(SC(F)F)cc2)CC1. The van der Waals surface area contributed by atoms with Crippen molar-refractivity contribution in [2.24, 2.45) is 0 Å². The van der Waals surface area contributed by atoms with Crippen molar-refractivity contribution < 1.29 is 23.1 Å². The summed E-state index contributed by atoms with van der Waals surface area (Å²) in [5.74, 6) is -2.65. The second-order valence-corrected chi connectivity index (χ2v) is 7.73. The number of benzene rings is 1. The second kappa shape index (κ2) is 8.03. The Labute approximate surface area is 150 Å². The summed E-state index contributed by atoms with van der Waals surface area (Å²) in [6.07, 6.45) is -0.382. The van der Waals surface area contributed by atoms with Crippen molar-refractivity contribution in [3.8, 4) is 0 Å². The fourth-order valence-electron chi connectivity index (χ4n) is 2.38. The van der Waals surface area contributed by atoms with Crippen LogP contribution in [-0.4, -0.2) is 59.3 Å². The van der Waals surface area contributed by atoms with E-state index in [4.69, 9.17) is 4.74 Å². The van der Waals surface area contributed by atoms with Crippen LogP contribution in [0, 0.1) is 0 Å². The van der Waals surface area contributed by atoms with Gasteiger partial charge in [0, 0.05) is 36.6 Å². The number of alkyl halides is 2. The summed E-state index contributed by atoms with van der Waals surface area (Å²) in [5.41, 5.74) is -0.105. The van der Waals surface area contributed by atoms with Crippen LogP contribution in [0.3, 0.4) is 0 Å². The molecule has 25 heavy (non-hydrogen) atoms. The molecule has 5 nitrogen and oxygen atoms in total. The first-order valence-electron chi connectivity index (χ1n) is 7.98. The number of ether oxygens (including phenoxy) is 1. The number of piperazine rings is 1. The Kier molecular flexibility index (Phi) is 6.26. The van der Waals surface area contributed by atoms with E-state index in [1.165, 1.54) is 12.1 Å². The first-order chi connectivity index (χ1) is 11.7. The van der Waals surface area contributed by atoms with E-state index in [1.54, 1.807) is 42.7 Å². The highest BCUT2D eigenvalue weighted by Gasteiger charge is 2.28. The van der Waals surface area contributed by atoms with Crippen molar-refractivity contribution >= 4 is 23.8 Å². The summed E-state index contributed by atoms with van der Waals surface area (Å²) >= 11 is 0.446. The smallest absolute Gasteiger partial charge is 0.410 e. The molecule has 2 rings (SSSR count). The summed E-state index contributed by atoms with van der Waals surface area (Å²) in [6, 6.07) is 6.13. The third-order valence-electron chi connectivity index (χ3n) is 3.55. The Morgan fingerprint density at radius 3 is 2.04 bits per heavy atom. The average molecular weight is 372 g/mol. The van der Waals surface area contributed by atoms with E-state index in [1.807, 2.05) is 0 Å². The molecule has 0 radical (unpaired) electrons. The first-order valence-corrected chi connectivity index (χ1v) is 8.86. The molecule has 138 valence electrons. The van der Waals surface area contributed by atoms with Crippen LogP contribution >= 0.6 is 11.8 Å². The van der Waals surface area contributed by atoms with Crippen LogP contribution in [0.25, 0.3) is 0 Å². The van der Waals surface area contributed by atoms with E-state index in [0.717, 1.165) is 0 Å². The number of carbonyl (C=O) groups excluding carboxylic acids is 2. The Morgan fingerprint density at radius 1 is 1.04 bits per heavy atom. The molecule has 0 spiro atoms. The van der Waals surface area contributed by atoms with E-state index in [0.29, 0.717) is 48.4 Å². The van der Waals surface area contributed by atoms with Gasteiger partial charge in [0.05, 0.1) is 0 Å². The number of rotatable bonds is 3. The topological polar surface area (TPSA) is 49.9 Å². The predicted molar refractivity (Wildman–Crippen MR) is 92.0 cm³/mol. The molecule has 0 aliphatic carbocycles. The molecular weight excluding hydrogens is 350 g/mol. The zero-order valence-electron chi connectivity index (χ0n) is 14.5. The average Bonchev–Trinajstić information content (AvgIpc) is 2.53. The van der Waals surface area contributed by atoms with E-state index in [9.17, 15) is 18.4 Å². The van der Waals surface area contributed by atoms with Crippen LogP contribution in [0.15, 0.2) is 29.2 Å². The van der Waals surface area contributed by atoms with E-state index < -0.39 is 11.4 Å². The molecule has 1 aliphatic rings. The monoisotopic (exact) mass is 372 g/mol. The number of nitrogens with zero attached hydrogens (tertiary/aromatic N) is 2. The molecule has 1 heterocycles. The molecule has 0 N–H and O–H groups in total. The van der Waals surface area contributed by atoms with Gasteiger partial charge in [-0.3, -0.25) is 4.79 Å². The Bertz CT molecular complexity index is 609. The maximum absolute atomic E-state index is 12.5. The molecule has 1 aliphatic heterocycles. The van der Waals surface area contributed by atoms with Gasteiger partial charge in [0.1, 0.15) is 5.60 Å². The van der Waals surface area contributed by atoms with Gasteiger partial charge in [-0.05, 0) is 45.0 Å². The van der Waals surface area contributed by atoms with Gasteiger partial charge in [-0.25, -0.2) is 4.79 Å². The fraction of sp³-hybridized carbons (Fsp3) is 0.529. The Hall–Kier alpha value is -1.83. The van der Waals surface area contributed by atoms with Gasteiger partial charge < -0.3 is 14.5 Å². The third kappa shape index (κ3) is 5.88. The van der Waals surface area contributed by atoms with Gasteiger partial charge >= 0.3 is 6.09 Å². The van der Waals surface area contributed by atoms with E-state index in [2.05, 4.69) is 0 Å². The Balaban J connectivity index is 1.89. The molecule has 1 aromatic carbocycles. The molecule has 1 saturated heterocycles. The normalized spacial score (nSPS) is 15.4. The summed E-state index contributed by atoms with van der Waals surface area (Å²) in [4.78, 5) is 28.1. The van der Waals surface area contributed by atoms with Crippen molar-refractivity contribution in [2.75, 3.05) is 26.2 Å². The summed E-state index contributed by atoms with van der Waals surface area (Å²) in [7, 11) is 0. The lowest BCUT2D eigenvalue weighted by Crippen LogP contribution is -2.51. The summed E-state index contributed by atoms with van der Waals surface area (Å²) in [6.45, 7) is 7.04. The van der Waals surface area contributed by atoms with Crippen LogP contribution in [0.5, 0.6) is 0 Å². The minimum Gasteiger partial charge on any atom is -0.444 e. The van der Waals surface area contributed by atoms with Crippen molar-refractivity contribution in [3.63, 3.8) is 0 Å². The molecule has 0 unspecified atom stereocenters. The lowest BCUT2D eigenvalue weighted by atomic mass is 10.2. The van der Waals surface area contributed by atoms with Crippen LogP contribution < -0.4 is 0 Å². The van der Waals surface area contributed by atoms with E-state index >= 15 is 0 Å². The van der Waals surface area contributed by atoms with Crippen molar-refractivity contribution in [1.29, 1.82) is 0 Å². The maximum Gasteiger partial charge on any atom is 0.410 e. The molecule has 2 amide bonds. The zero-order chi connectivity index (χ0) is 18.6. The standard InChI is InChI=1S/C17H22F2N2O3S/c1-17(2,3)24-16(23)21-10-8-20(9-11-21)14(22)12-4-6-13(7-5-12)25-15(18)19/h4-7,15H,8-11H2,1-3H3. The summed E-state index contributed by atoms with van der Waals surface area (Å²) < 4.78 is 30.0. The van der Waals surface area contributed by atoms with Crippen LogP contribution in [0.4, 0.5) is 13.6 Å². The minimum absolute atomic E-state index is 0.169. The number of thioether (sulfide) groups is 1. The largest absolute Gasteiger partial charge is 0.444 e. The number of amides is 2.